The number of hydrogen-bond donors (Lipinski definition) is 0. The van der Waals surface area contributed by atoms with Crippen LogP contribution in [-0.2, 0) is 14.9 Å². The molecule has 0 bridgehead atoms. The molecule has 3 heteroatoms. The first-order valence-electron chi connectivity index (χ1n) is 10.6. The number of alkyl halides is 1. The molecule has 0 aromatic heterocycles. The SMILES string of the molecule is CC1(Cl)CC1CCC(COC1CCCCO1)(c1ccccc1)c1ccccc1. The summed E-state index contributed by atoms with van der Waals surface area (Å²) < 4.78 is 12.3. The van der Waals surface area contributed by atoms with Crippen molar-refractivity contribution in [1.82, 2.24) is 0 Å². The molecule has 2 nitrogen and oxygen atoms in total. The third-order valence-corrected chi connectivity index (χ3v) is 7.03. The van der Waals surface area contributed by atoms with Crippen molar-refractivity contribution < 1.29 is 9.47 Å². The van der Waals surface area contributed by atoms with E-state index in [0.717, 1.165) is 38.7 Å². The summed E-state index contributed by atoms with van der Waals surface area (Å²) in [6.45, 7) is 3.61. The lowest BCUT2D eigenvalue weighted by atomic mass is 9.71. The fourth-order valence-corrected chi connectivity index (χ4v) is 4.83. The van der Waals surface area contributed by atoms with Crippen LogP contribution in [0.2, 0.25) is 0 Å². The molecule has 0 amide bonds. The maximum Gasteiger partial charge on any atom is 0.157 e. The third kappa shape index (κ3) is 4.45. The molecule has 1 saturated heterocycles. The van der Waals surface area contributed by atoms with Gasteiger partial charge in [0, 0.05) is 16.9 Å². The molecule has 3 atom stereocenters. The number of halogens is 1. The lowest BCUT2D eigenvalue weighted by Crippen LogP contribution is -2.37. The number of benzene rings is 2. The second kappa shape index (κ2) is 8.57. The minimum atomic E-state index is -0.182. The number of rotatable bonds is 8. The van der Waals surface area contributed by atoms with E-state index in [2.05, 4.69) is 67.6 Å². The second-order valence-electron chi connectivity index (χ2n) is 8.64. The fourth-order valence-electron chi connectivity index (χ4n) is 4.53. The summed E-state index contributed by atoms with van der Waals surface area (Å²) in [6, 6.07) is 21.7. The van der Waals surface area contributed by atoms with Crippen molar-refractivity contribution in [3.05, 3.63) is 71.8 Å². The van der Waals surface area contributed by atoms with Gasteiger partial charge in [-0.15, -0.1) is 11.6 Å². The molecule has 28 heavy (non-hydrogen) atoms. The van der Waals surface area contributed by atoms with Crippen molar-refractivity contribution in [3.63, 3.8) is 0 Å². The van der Waals surface area contributed by atoms with E-state index in [-0.39, 0.29) is 16.6 Å². The van der Waals surface area contributed by atoms with Gasteiger partial charge in [0.15, 0.2) is 6.29 Å². The molecule has 1 saturated carbocycles. The Labute approximate surface area is 174 Å². The first-order chi connectivity index (χ1) is 13.6. The smallest absolute Gasteiger partial charge is 0.157 e. The lowest BCUT2D eigenvalue weighted by Gasteiger charge is -2.37. The maximum atomic E-state index is 6.58. The van der Waals surface area contributed by atoms with Crippen molar-refractivity contribution in [3.8, 4) is 0 Å². The van der Waals surface area contributed by atoms with Crippen molar-refractivity contribution in [2.75, 3.05) is 13.2 Å². The Morgan fingerprint density at radius 2 is 1.64 bits per heavy atom. The minimum absolute atomic E-state index is 0.0214. The van der Waals surface area contributed by atoms with Gasteiger partial charge in [-0.1, -0.05) is 60.7 Å². The Morgan fingerprint density at radius 1 is 1.04 bits per heavy atom. The highest BCUT2D eigenvalue weighted by molar-refractivity contribution is 6.25. The first-order valence-corrected chi connectivity index (χ1v) is 11.0. The van der Waals surface area contributed by atoms with Crippen LogP contribution < -0.4 is 0 Å². The van der Waals surface area contributed by atoms with Gasteiger partial charge in [0.1, 0.15) is 0 Å². The van der Waals surface area contributed by atoms with Gasteiger partial charge in [0.2, 0.25) is 0 Å². The summed E-state index contributed by atoms with van der Waals surface area (Å²) in [5.41, 5.74) is 2.45. The topological polar surface area (TPSA) is 18.5 Å². The van der Waals surface area contributed by atoms with E-state index in [9.17, 15) is 0 Å². The van der Waals surface area contributed by atoms with Crippen LogP contribution in [-0.4, -0.2) is 24.4 Å². The van der Waals surface area contributed by atoms with Gasteiger partial charge in [-0.05, 0) is 62.5 Å². The van der Waals surface area contributed by atoms with Crippen LogP contribution in [0.25, 0.3) is 0 Å². The van der Waals surface area contributed by atoms with Crippen molar-refractivity contribution in [2.45, 2.75) is 62.0 Å². The van der Waals surface area contributed by atoms with Gasteiger partial charge in [-0.25, -0.2) is 0 Å². The molecule has 2 aromatic carbocycles. The van der Waals surface area contributed by atoms with E-state index in [1.807, 2.05) is 0 Å². The molecule has 4 rings (SSSR count). The fraction of sp³-hybridized carbons (Fsp3) is 0.520. The summed E-state index contributed by atoms with van der Waals surface area (Å²) in [7, 11) is 0. The highest BCUT2D eigenvalue weighted by Crippen LogP contribution is 2.53. The zero-order valence-electron chi connectivity index (χ0n) is 16.8. The van der Waals surface area contributed by atoms with Gasteiger partial charge < -0.3 is 9.47 Å². The largest absolute Gasteiger partial charge is 0.353 e. The molecular weight excluding hydrogens is 368 g/mol. The Bertz CT molecular complexity index is 698. The van der Waals surface area contributed by atoms with Crippen LogP contribution in [0.3, 0.4) is 0 Å². The van der Waals surface area contributed by atoms with Gasteiger partial charge in [0.25, 0.3) is 0 Å². The molecule has 1 heterocycles. The van der Waals surface area contributed by atoms with Crippen LogP contribution >= 0.6 is 11.6 Å². The monoisotopic (exact) mass is 398 g/mol. The lowest BCUT2D eigenvalue weighted by molar-refractivity contribution is -0.170. The van der Waals surface area contributed by atoms with Crippen LogP contribution in [0.15, 0.2) is 60.7 Å². The third-order valence-electron chi connectivity index (χ3n) is 6.56. The molecule has 3 unspecified atom stereocenters. The van der Waals surface area contributed by atoms with E-state index in [0.29, 0.717) is 12.5 Å². The molecule has 2 aromatic rings. The molecule has 0 N–H and O–H groups in total. The molecular formula is C25H31ClO2. The predicted octanol–water partition coefficient (Wildman–Crippen LogP) is 6.31. The molecule has 0 spiro atoms. The van der Waals surface area contributed by atoms with Crippen LogP contribution in [0.1, 0.15) is 56.6 Å². The summed E-state index contributed by atoms with van der Waals surface area (Å²) >= 11 is 6.58. The van der Waals surface area contributed by atoms with Crippen LogP contribution in [0, 0.1) is 5.92 Å². The Morgan fingerprint density at radius 3 is 2.14 bits per heavy atom. The summed E-state index contributed by atoms with van der Waals surface area (Å²) in [5.74, 6) is 0.590. The Balaban J connectivity index is 1.63. The average molecular weight is 399 g/mol. The van der Waals surface area contributed by atoms with Gasteiger partial charge >= 0.3 is 0 Å². The predicted molar refractivity (Wildman–Crippen MR) is 115 cm³/mol. The van der Waals surface area contributed by atoms with Gasteiger partial charge in [0.05, 0.1) is 6.61 Å². The van der Waals surface area contributed by atoms with E-state index >= 15 is 0 Å². The van der Waals surface area contributed by atoms with Gasteiger partial charge in [-0.2, -0.15) is 0 Å². The molecule has 1 aliphatic carbocycles. The van der Waals surface area contributed by atoms with E-state index in [1.165, 1.54) is 17.5 Å². The second-order valence-corrected chi connectivity index (χ2v) is 9.50. The summed E-state index contributed by atoms with van der Waals surface area (Å²) in [5, 5.41) is 0. The summed E-state index contributed by atoms with van der Waals surface area (Å²) in [6.07, 6.45) is 6.47. The first kappa shape index (κ1) is 19.9. The average Bonchev–Trinajstić information content (AvgIpc) is 3.37. The molecule has 1 aliphatic heterocycles. The van der Waals surface area contributed by atoms with Crippen molar-refractivity contribution in [2.24, 2.45) is 5.92 Å². The van der Waals surface area contributed by atoms with E-state index in [1.54, 1.807) is 0 Å². The Kier molecular flexibility index (Phi) is 6.10. The standard InChI is InChI=1S/C25H31ClO2/c1-24(26)18-22(24)15-16-25(20-10-4-2-5-11-20,21-12-6-3-7-13-21)19-28-23-14-8-9-17-27-23/h2-7,10-13,22-23H,8-9,14-19H2,1H3. The quantitative estimate of drug-likeness (QED) is 0.485. The molecule has 2 fully saturated rings. The molecule has 0 radical (unpaired) electrons. The normalized spacial score (nSPS) is 27.5. The highest BCUT2D eigenvalue weighted by atomic mass is 35.5. The highest BCUT2D eigenvalue weighted by Gasteiger charge is 2.49. The minimum Gasteiger partial charge on any atom is -0.353 e. The molecule has 2 aliphatic rings. The Hall–Kier alpha value is -1.35. The molecule has 150 valence electrons. The summed E-state index contributed by atoms with van der Waals surface area (Å²) in [4.78, 5) is -0.0214. The van der Waals surface area contributed by atoms with Crippen molar-refractivity contribution >= 4 is 11.6 Å². The number of ether oxygens (including phenoxy) is 2. The zero-order chi connectivity index (χ0) is 19.5. The number of hydrogen-bond acceptors (Lipinski definition) is 2. The zero-order valence-corrected chi connectivity index (χ0v) is 17.5. The van der Waals surface area contributed by atoms with Gasteiger partial charge in [-0.3, -0.25) is 0 Å². The van der Waals surface area contributed by atoms with E-state index < -0.39 is 0 Å². The maximum absolute atomic E-state index is 6.58. The van der Waals surface area contributed by atoms with Crippen LogP contribution in [0.4, 0.5) is 0 Å². The van der Waals surface area contributed by atoms with E-state index in [4.69, 9.17) is 21.1 Å². The van der Waals surface area contributed by atoms with Crippen molar-refractivity contribution in [1.29, 1.82) is 0 Å². The van der Waals surface area contributed by atoms with Crippen LogP contribution in [0.5, 0.6) is 0 Å².